The van der Waals surface area contributed by atoms with E-state index in [1.807, 2.05) is 0 Å². The van der Waals surface area contributed by atoms with Crippen molar-refractivity contribution >= 4 is 29.5 Å². The molecule has 22 heavy (non-hydrogen) atoms. The van der Waals surface area contributed by atoms with Crippen molar-refractivity contribution in [2.45, 2.75) is 13.8 Å². The molecule has 120 valence electrons. The Labute approximate surface area is 129 Å². The molecule has 0 atom stereocenters. The normalized spacial score (nSPS) is 12.5. The zero-order valence-corrected chi connectivity index (χ0v) is 12.5. The van der Waals surface area contributed by atoms with Crippen molar-refractivity contribution < 1.29 is 27.8 Å². The third-order valence-electron chi connectivity index (χ3n) is 2.51. The Hall–Kier alpha value is -2.02. The number of hydrogen-bond donors (Lipinski definition) is 1. The molecule has 1 rings (SSSR count). The summed E-state index contributed by atoms with van der Waals surface area (Å²) in [5.41, 5.74) is -1.26. The van der Waals surface area contributed by atoms with Gasteiger partial charge in [0.1, 0.15) is 16.4 Å². The summed E-state index contributed by atoms with van der Waals surface area (Å²) in [5, 5.41) is 8.90. The molecule has 0 heterocycles. The van der Waals surface area contributed by atoms with Crippen molar-refractivity contribution in [3.8, 4) is 0 Å². The van der Waals surface area contributed by atoms with Gasteiger partial charge in [-0.25, -0.2) is 18.0 Å². The predicted molar refractivity (Wildman–Crippen MR) is 76.5 cm³/mol. The topological polar surface area (TPSA) is 58.9 Å². The predicted octanol–water partition coefficient (Wildman–Crippen LogP) is 3.68. The van der Waals surface area contributed by atoms with Crippen molar-refractivity contribution in [2.75, 3.05) is 13.2 Å². The molecule has 0 aliphatic heterocycles. The molecule has 0 amide bonds. The van der Waals surface area contributed by atoms with Crippen LogP contribution in [0.15, 0.2) is 16.6 Å². The number of nitrogens with zero attached hydrogens (tertiary/aromatic N) is 1. The second-order valence-electron chi connectivity index (χ2n) is 3.96. The van der Waals surface area contributed by atoms with Gasteiger partial charge < -0.3 is 9.84 Å². The molecule has 0 fully saturated rings. The number of esters is 1. The van der Waals surface area contributed by atoms with Gasteiger partial charge in [-0.1, -0.05) is 11.6 Å². The Bertz CT molecular complexity index is 645. The lowest BCUT2D eigenvalue weighted by atomic mass is 10.1. The number of hydrogen-bond acceptors (Lipinski definition) is 4. The SMILES string of the molecule is CCN=CC(C(=O)OCC)=C(O)c1cc(F)c(F)c(Cl)c1F. The van der Waals surface area contributed by atoms with Gasteiger partial charge in [0.05, 0.1) is 12.2 Å². The van der Waals surface area contributed by atoms with Crippen molar-refractivity contribution in [1.29, 1.82) is 0 Å². The lowest BCUT2D eigenvalue weighted by molar-refractivity contribution is -0.137. The third kappa shape index (κ3) is 3.79. The Kier molecular flexibility index (Phi) is 6.42. The highest BCUT2D eigenvalue weighted by atomic mass is 35.5. The number of aliphatic hydroxyl groups excluding tert-OH is 1. The van der Waals surface area contributed by atoms with Crippen LogP contribution in [0.2, 0.25) is 5.02 Å². The van der Waals surface area contributed by atoms with Crippen LogP contribution in [0.5, 0.6) is 0 Å². The van der Waals surface area contributed by atoms with E-state index in [-0.39, 0.29) is 13.2 Å². The van der Waals surface area contributed by atoms with Gasteiger partial charge >= 0.3 is 5.97 Å². The summed E-state index contributed by atoms with van der Waals surface area (Å²) in [7, 11) is 0. The maximum Gasteiger partial charge on any atom is 0.343 e. The zero-order chi connectivity index (χ0) is 16.9. The molecule has 0 unspecified atom stereocenters. The highest BCUT2D eigenvalue weighted by Gasteiger charge is 2.24. The third-order valence-corrected chi connectivity index (χ3v) is 2.84. The molecule has 8 heteroatoms. The number of carbonyl (C=O) groups excluding carboxylic acids is 1. The number of rotatable bonds is 5. The maximum absolute atomic E-state index is 13.9. The fourth-order valence-corrected chi connectivity index (χ4v) is 1.68. The van der Waals surface area contributed by atoms with E-state index in [0.29, 0.717) is 6.07 Å². The van der Waals surface area contributed by atoms with E-state index in [2.05, 4.69) is 4.99 Å². The molecule has 0 saturated carbocycles. The minimum absolute atomic E-state index is 0.00338. The van der Waals surface area contributed by atoms with Crippen LogP contribution in [-0.2, 0) is 9.53 Å². The Morgan fingerprint density at radius 1 is 1.36 bits per heavy atom. The van der Waals surface area contributed by atoms with E-state index in [0.717, 1.165) is 6.21 Å². The van der Waals surface area contributed by atoms with Crippen molar-refractivity contribution in [3.63, 3.8) is 0 Å². The molecule has 0 aliphatic carbocycles. The first-order valence-corrected chi connectivity index (χ1v) is 6.66. The quantitative estimate of drug-likeness (QED) is 0.223. The Balaban J connectivity index is 3.53. The molecule has 0 aromatic heterocycles. The molecule has 0 radical (unpaired) electrons. The molecule has 1 aromatic carbocycles. The molecular formula is C14H13ClF3NO3. The molecule has 0 spiro atoms. The van der Waals surface area contributed by atoms with Gasteiger partial charge in [-0.15, -0.1) is 0 Å². The maximum atomic E-state index is 13.9. The van der Waals surface area contributed by atoms with E-state index < -0.39 is 45.3 Å². The monoisotopic (exact) mass is 335 g/mol. The largest absolute Gasteiger partial charge is 0.506 e. The van der Waals surface area contributed by atoms with Crippen LogP contribution in [0.25, 0.3) is 5.76 Å². The van der Waals surface area contributed by atoms with E-state index >= 15 is 0 Å². The van der Waals surface area contributed by atoms with Crippen molar-refractivity contribution in [3.05, 3.63) is 39.7 Å². The van der Waals surface area contributed by atoms with Gasteiger partial charge in [0, 0.05) is 12.8 Å². The molecule has 1 N–H and O–H groups in total. The molecule has 0 aliphatic rings. The minimum atomic E-state index is -1.59. The van der Waals surface area contributed by atoms with Crippen LogP contribution in [0.1, 0.15) is 19.4 Å². The molecule has 0 bridgehead atoms. The van der Waals surface area contributed by atoms with Crippen molar-refractivity contribution in [2.24, 2.45) is 4.99 Å². The van der Waals surface area contributed by atoms with Gasteiger partial charge in [-0.05, 0) is 19.9 Å². The first kappa shape index (κ1) is 18.0. The van der Waals surface area contributed by atoms with Gasteiger partial charge in [0.15, 0.2) is 17.5 Å². The summed E-state index contributed by atoms with van der Waals surface area (Å²) in [4.78, 5) is 15.5. The van der Waals surface area contributed by atoms with Crippen LogP contribution in [0.3, 0.4) is 0 Å². The summed E-state index contributed by atoms with van der Waals surface area (Å²) in [6.45, 7) is 3.46. The van der Waals surface area contributed by atoms with Crippen LogP contribution in [0, 0.1) is 17.5 Å². The van der Waals surface area contributed by atoms with Crippen LogP contribution in [0.4, 0.5) is 13.2 Å². The molecular weight excluding hydrogens is 323 g/mol. The number of benzene rings is 1. The van der Waals surface area contributed by atoms with Crippen LogP contribution < -0.4 is 0 Å². The number of halogens is 4. The summed E-state index contributed by atoms with van der Waals surface area (Å²) in [6.07, 6.45) is 0.960. The fourth-order valence-electron chi connectivity index (χ4n) is 1.49. The van der Waals surface area contributed by atoms with E-state index in [9.17, 15) is 23.1 Å². The molecule has 4 nitrogen and oxygen atoms in total. The van der Waals surface area contributed by atoms with Crippen molar-refractivity contribution in [1.82, 2.24) is 0 Å². The summed E-state index contributed by atoms with van der Waals surface area (Å²) < 4.78 is 45.1. The summed E-state index contributed by atoms with van der Waals surface area (Å²) in [6, 6.07) is 0.394. The first-order chi connectivity index (χ1) is 10.3. The molecule has 1 aromatic rings. The average molecular weight is 336 g/mol. The smallest absolute Gasteiger partial charge is 0.343 e. The number of ether oxygens (including phenoxy) is 1. The lowest BCUT2D eigenvalue weighted by Gasteiger charge is -2.09. The minimum Gasteiger partial charge on any atom is -0.506 e. The second-order valence-corrected chi connectivity index (χ2v) is 4.34. The number of carbonyl (C=O) groups is 1. The van der Waals surface area contributed by atoms with E-state index in [1.54, 1.807) is 6.92 Å². The average Bonchev–Trinajstić information content (AvgIpc) is 2.49. The highest BCUT2D eigenvalue weighted by molar-refractivity contribution is 6.31. The summed E-state index contributed by atoms with van der Waals surface area (Å²) in [5.74, 6) is -6.39. The van der Waals surface area contributed by atoms with Crippen LogP contribution in [-0.4, -0.2) is 30.4 Å². The van der Waals surface area contributed by atoms with Crippen LogP contribution >= 0.6 is 11.6 Å². The number of aliphatic hydroxyl groups is 1. The highest BCUT2D eigenvalue weighted by Crippen LogP contribution is 2.29. The van der Waals surface area contributed by atoms with E-state index in [4.69, 9.17) is 16.3 Å². The lowest BCUT2D eigenvalue weighted by Crippen LogP contribution is -2.12. The standard InChI is InChI=1S/C14H13ClF3NO3/c1-3-19-6-8(14(21)22-4-2)13(20)7-5-9(16)12(18)10(15)11(7)17/h5-6,20H,3-4H2,1-2H3. The molecule has 0 saturated heterocycles. The van der Waals surface area contributed by atoms with Gasteiger partial charge in [-0.2, -0.15) is 0 Å². The fraction of sp³-hybridized carbons (Fsp3) is 0.286. The van der Waals surface area contributed by atoms with Gasteiger partial charge in [0.25, 0.3) is 0 Å². The zero-order valence-electron chi connectivity index (χ0n) is 11.8. The Morgan fingerprint density at radius 2 is 2.00 bits per heavy atom. The second kappa shape index (κ2) is 7.84. The number of aliphatic imine (C=N–C) groups is 1. The summed E-state index contributed by atoms with van der Waals surface area (Å²) >= 11 is 5.31. The van der Waals surface area contributed by atoms with Gasteiger partial charge in [0.2, 0.25) is 0 Å². The van der Waals surface area contributed by atoms with E-state index in [1.165, 1.54) is 6.92 Å². The Morgan fingerprint density at radius 3 is 2.55 bits per heavy atom. The first-order valence-electron chi connectivity index (χ1n) is 6.28. The van der Waals surface area contributed by atoms with Gasteiger partial charge in [-0.3, -0.25) is 4.99 Å².